The zero-order valence-electron chi connectivity index (χ0n) is 11.2. The van der Waals surface area contributed by atoms with Crippen LogP contribution in [-0.2, 0) is 0 Å². The van der Waals surface area contributed by atoms with Crippen LogP contribution in [0.25, 0.3) is 10.9 Å². The lowest BCUT2D eigenvalue weighted by Crippen LogP contribution is -2.42. The van der Waals surface area contributed by atoms with Gasteiger partial charge in [0.25, 0.3) is 5.91 Å². The van der Waals surface area contributed by atoms with E-state index in [0.717, 1.165) is 30.2 Å². The Balaban J connectivity index is 1.72. The number of fused-ring (bicyclic) bond motifs is 3. The SMILES string of the molecule is O=C(c1ccc2ccccc2n1)N1[C@H]2CC=C[C@H]1CC2. The van der Waals surface area contributed by atoms with E-state index in [0.29, 0.717) is 11.7 Å². The van der Waals surface area contributed by atoms with Gasteiger partial charge in [-0.2, -0.15) is 0 Å². The molecule has 0 radical (unpaired) electrons. The van der Waals surface area contributed by atoms with Gasteiger partial charge in [0.2, 0.25) is 0 Å². The monoisotopic (exact) mass is 264 g/mol. The van der Waals surface area contributed by atoms with Crippen molar-refractivity contribution in [1.29, 1.82) is 0 Å². The van der Waals surface area contributed by atoms with Gasteiger partial charge in [0, 0.05) is 11.4 Å². The van der Waals surface area contributed by atoms with Gasteiger partial charge in [-0.05, 0) is 31.4 Å². The van der Waals surface area contributed by atoms with Crippen molar-refractivity contribution in [3.63, 3.8) is 0 Å². The van der Waals surface area contributed by atoms with Crippen LogP contribution in [0.3, 0.4) is 0 Å². The largest absolute Gasteiger partial charge is 0.328 e. The number of aromatic nitrogens is 1. The van der Waals surface area contributed by atoms with E-state index in [-0.39, 0.29) is 11.9 Å². The molecule has 4 rings (SSSR count). The van der Waals surface area contributed by atoms with Crippen LogP contribution in [0.15, 0.2) is 48.6 Å². The molecule has 1 fully saturated rings. The van der Waals surface area contributed by atoms with Crippen molar-refractivity contribution in [2.45, 2.75) is 31.3 Å². The summed E-state index contributed by atoms with van der Waals surface area (Å²) in [5.41, 5.74) is 1.45. The number of hydrogen-bond donors (Lipinski definition) is 0. The third kappa shape index (κ3) is 1.73. The molecule has 2 aliphatic heterocycles. The maximum absolute atomic E-state index is 12.7. The minimum Gasteiger partial charge on any atom is -0.328 e. The summed E-state index contributed by atoms with van der Waals surface area (Å²) in [4.78, 5) is 19.3. The molecule has 20 heavy (non-hydrogen) atoms. The summed E-state index contributed by atoms with van der Waals surface area (Å²) in [5, 5.41) is 1.07. The highest BCUT2D eigenvalue weighted by atomic mass is 16.2. The molecule has 3 nitrogen and oxygen atoms in total. The second kappa shape index (κ2) is 4.44. The molecule has 2 aliphatic rings. The smallest absolute Gasteiger partial charge is 0.273 e. The van der Waals surface area contributed by atoms with Crippen LogP contribution in [-0.4, -0.2) is 27.9 Å². The van der Waals surface area contributed by atoms with Gasteiger partial charge >= 0.3 is 0 Å². The fourth-order valence-corrected chi connectivity index (χ4v) is 3.36. The molecule has 2 atom stereocenters. The first-order valence-electron chi connectivity index (χ1n) is 7.18. The van der Waals surface area contributed by atoms with Gasteiger partial charge in [0.15, 0.2) is 0 Å². The predicted octanol–water partition coefficient (Wildman–Crippen LogP) is 3.17. The second-order valence-corrected chi connectivity index (χ2v) is 5.56. The first-order chi connectivity index (χ1) is 9.83. The van der Waals surface area contributed by atoms with Crippen LogP contribution in [0.4, 0.5) is 0 Å². The zero-order chi connectivity index (χ0) is 13.5. The number of benzene rings is 1. The van der Waals surface area contributed by atoms with Crippen molar-refractivity contribution >= 4 is 16.8 Å². The average Bonchev–Trinajstić information content (AvgIpc) is 2.75. The fraction of sp³-hybridized carbons (Fsp3) is 0.294. The molecule has 0 spiro atoms. The van der Waals surface area contributed by atoms with Gasteiger partial charge in [-0.3, -0.25) is 4.79 Å². The minimum atomic E-state index is 0.0765. The number of pyridine rings is 1. The Morgan fingerprint density at radius 3 is 2.95 bits per heavy atom. The molecule has 100 valence electrons. The summed E-state index contributed by atoms with van der Waals surface area (Å²) in [6, 6.07) is 12.4. The number of nitrogens with zero attached hydrogens (tertiary/aromatic N) is 2. The maximum atomic E-state index is 12.7. The molecular weight excluding hydrogens is 248 g/mol. The average molecular weight is 264 g/mol. The first-order valence-corrected chi connectivity index (χ1v) is 7.18. The van der Waals surface area contributed by atoms with Crippen LogP contribution in [0, 0.1) is 0 Å². The lowest BCUT2D eigenvalue weighted by Gasteiger charge is -2.31. The molecule has 1 amide bonds. The Kier molecular flexibility index (Phi) is 2.59. The van der Waals surface area contributed by atoms with E-state index in [1.807, 2.05) is 41.3 Å². The first kappa shape index (κ1) is 11.6. The van der Waals surface area contributed by atoms with Gasteiger partial charge in [-0.25, -0.2) is 4.98 Å². The molecule has 0 N–H and O–H groups in total. The molecule has 3 heteroatoms. The molecule has 1 aromatic heterocycles. The van der Waals surface area contributed by atoms with Gasteiger partial charge in [0.05, 0.1) is 11.6 Å². The summed E-state index contributed by atoms with van der Waals surface area (Å²) < 4.78 is 0. The van der Waals surface area contributed by atoms with E-state index < -0.39 is 0 Å². The Bertz CT molecular complexity index is 707. The Hall–Kier alpha value is -2.16. The summed E-state index contributed by atoms with van der Waals surface area (Å²) in [6.45, 7) is 0. The zero-order valence-corrected chi connectivity index (χ0v) is 11.2. The van der Waals surface area contributed by atoms with E-state index in [1.165, 1.54) is 0 Å². The minimum absolute atomic E-state index is 0.0765. The Morgan fingerprint density at radius 2 is 2.05 bits per heavy atom. The number of para-hydroxylation sites is 1. The van der Waals surface area contributed by atoms with Gasteiger partial charge in [-0.1, -0.05) is 36.4 Å². The van der Waals surface area contributed by atoms with Crippen molar-refractivity contribution in [2.75, 3.05) is 0 Å². The topological polar surface area (TPSA) is 33.2 Å². The molecule has 0 unspecified atom stereocenters. The van der Waals surface area contributed by atoms with Crippen LogP contribution in [0.1, 0.15) is 29.8 Å². The van der Waals surface area contributed by atoms with Gasteiger partial charge in [0.1, 0.15) is 5.69 Å². The fourth-order valence-electron chi connectivity index (χ4n) is 3.36. The molecule has 0 aliphatic carbocycles. The Labute approximate surface area is 117 Å². The Morgan fingerprint density at radius 1 is 1.15 bits per heavy atom. The van der Waals surface area contributed by atoms with Crippen molar-refractivity contribution < 1.29 is 4.79 Å². The number of carbonyl (C=O) groups excluding carboxylic acids is 1. The van der Waals surface area contributed by atoms with Crippen LogP contribution >= 0.6 is 0 Å². The summed E-state index contributed by atoms with van der Waals surface area (Å²) in [6.07, 6.45) is 7.55. The molecular formula is C17H16N2O. The van der Waals surface area contributed by atoms with E-state index in [2.05, 4.69) is 17.1 Å². The molecule has 3 heterocycles. The molecule has 2 aromatic rings. The molecule has 1 saturated heterocycles. The highest BCUT2D eigenvalue weighted by molar-refractivity contribution is 5.95. The van der Waals surface area contributed by atoms with E-state index in [9.17, 15) is 4.79 Å². The van der Waals surface area contributed by atoms with Crippen molar-refractivity contribution in [2.24, 2.45) is 0 Å². The normalized spacial score (nSPS) is 24.3. The lowest BCUT2D eigenvalue weighted by atomic mass is 10.1. The number of amides is 1. The maximum Gasteiger partial charge on any atom is 0.273 e. The number of carbonyl (C=O) groups is 1. The molecule has 1 aromatic carbocycles. The number of hydrogen-bond acceptors (Lipinski definition) is 2. The van der Waals surface area contributed by atoms with E-state index in [1.54, 1.807) is 0 Å². The van der Waals surface area contributed by atoms with Crippen molar-refractivity contribution in [3.8, 4) is 0 Å². The number of rotatable bonds is 1. The molecule has 0 saturated carbocycles. The van der Waals surface area contributed by atoms with Crippen molar-refractivity contribution in [1.82, 2.24) is 9.88 Å². The summed E-state index contributed by atoms with van der Waals surface area (Å²) in [7, 11) is 0. The third-order valence-electron chi connectivity index (χ3n) is 4.36. The highest BCUT2D eigenvalue weighted by Crippen LogP contribution is 2.32. The van der Waals surface area contributed by atoms with Crippen LogP contribution in [0.5, 0.6) is 0 Å². The third-order valence-corrected chi connectivity index (χ3v) is 4.36. The summed E-state index contributed by atoms with van der Waals surface area (Å²) >= 11 is 0. The van der Waals surface area contributed by atoms with Gasteiger partial charge in [-0.15, -0.1) is 0 Å². The van der Waals surface area contributed by atoms with E-state index >= 15 is 0 Å². The summed E-state index contributed by atoms with van der Waals surface area (Å²) in [5.74, 6) is 0.0765. The van der Waals surface area contributed by atoms with Crippen LogP contribution < -0.4 is 0 Å². The van der Waals surface area contributed by atoms with E-state index in [4.69, 9.17) is 0 Å². The lowest BCUT2D eigenvalue weighted by molar-refractivity contribution is 0.0683. The van der Waals surface area contributed by atoms with Crippen LogP contribution in [0.2, 0.25) is 0 Å². The van der Waals surface area contributed by atoms with Crippen molar-refractivity contribution in [3.05, 3.63) is 54.2 Å². The van der Waals surface area contributed by atoms with Gasteiger partial charge < -0.3 is 4.90 Å². The quantitative estimate of drug-likeness (QED) is 0.741. The highest BCUT2D eigenvalue weighted by Gasteiger charge is 2.37. The standard InChI is InChI=1S/C17H16N2O/c20-17(19-13-5-3-6-14(19)10-9-13)16-11-8-12-4-1-2-7-15(12)18-16/h1-5,7-8,11,13-14H,6,9-10H2/t13-,14-/m0/s1. The second-order valence-electron chi connectivity index (χ2n) is 5.56. The predicted molar refractivity (Wildman–Crippen MR) is 78.5 cm³/mol. The molecule has 2 bridgehead atoms.